The molecule has 4 nitrogen and oxygen atoms in total. The molecule has 0 saturated heterocycles. The highest BCUT2D eigenvalue weighted by molar-refractivity contribution is 5.86. The number of amides is 1. The molecule has 4 heteroatoms. The molecule has 20 heavy (non-hydrogen) atoms. The lowest BCUT2D eigenvalue weighted by Gasteiger charge is -2.41. The number of hydrogen-bond acceptors (Lipinski definition) is 2. The lowest BCUT2D eigenvalue weighted by atomic mass is 9.67. The van der Waals surface area contributed by atoms with Crippen LogP contribution in [0.1, 0.15) is 39.0 Å². The summed E-state index contributed by atoms with van der Waals surface area (Å²) in [4.78, 5) is 23.9. The van der Waals surface area contributed by atoms with Crippen molar-refractivity contribution in [2.45, 2.75) is 39.0 Å². The van der Waals surface area contributed by atoms with Gasteiger partial charge in [-0.2, -0.15) is 0 Å². The Balaban J connectivity index is 1.64. The summed E-state index contributed by atoms with van der Waals surface area (Å²) in [5, 5.41) is 12.4. The summed E-state index contributed by atoms with van der Waals surface area (Å²) in [6.07, 6.45) is 9.55. The number of rotatable bonds is 5. The molecule has 0 radical (unpaired) electrons. The van der Waals surface area contributed by atoms with Gasteiger partial charge in [-0.3, -0.25) is 9.59 Å². The van der Waals surface area contributed by atoms with E-state index in [9.17, 15) is 14.7 Å². The van der Waals surface area contributed by atoms with Crippen LogP contribution in [0.2, 0.25) is 0 Å². The molecule has 110 valence electrons. The van der Waals surface area contributed by atoms with Gasteiger partial charge in [-0.15, -0.1) is 0 Å². The lowest BCUT2D eigenvalue weighted by Crippen LogP contribution is -2.46. The van der Waals surface area contributed by atoms with Crippen molar-refractivity contribution in [3.05, 3.63) is 12.2 Å². The average Bonchev–Trinajstić information content (AvgIpc) is 2.97. The molecule has 2 bridgehead atoms. The van der Waals surface area contributed by atoms with Crippen LogP contribution in [0.15, 0.2) is 12.2 Å². The molecular formula is C16H23NO3. The summed E-state index contributed by atoms with van der Waals surface area (Å²) in [5.74, 6) is -1.58. The topological polar surface area (TPSA) is 66.4 Å². The molecule has 0 aromatic carbocycles. The fourth-order valence-electron chi connectivity index (χ4n) is 4.24. The van der Waals surface area contributed by atoms with Gasteiger partial charge in [0.25, 0.3) is 0 Å². The van der Waals surface area contributed by atoms with Gasteiger partial charge in [0.1, 0.15) is 0 Å². The number of carboxylic acids is 1. The Labute approximate surface area is 119 Å². The zero-order valence-corrected chi connectivity index (χ0v) is 12.0. The first-order chi connectivity index (χ1) is 9.56. The summed E-state index contributed by atoms with van der Waals surface area (Å²) in [7, 11) is 0. The van der Waals surface area contributed by atoms with Gasteiger partial charge in [-0.25, -0.2) is 0 Å². The molecule has 0 heterocycles. The lowest BCUT2D eigenvalue weighted by molar-refractivity contribution is -0.148. The molecule has 0 aliphatic heterocycles. The Morgan fingerprint density at radius 2 is 1.90 bits per heavy atom. The summed E-state index contributed by atoms with van der Waals surface area (Å²) >= 11 is 0. The van der Waals surface area contributed by atoms with Crippen LogP contribution in [0.25, 0.3) is 0 Å². The molecule has 0 aromatic heterocycles. The highest BCUT2D eigenvalue weighted by atomic mass is 16.4. The first kappa shape index (κ1) is 13.7. The first-order valence-corrected chi connectivity index (χ1v) is 7.75. The Bertz CT molecular complexity index is 447. The van der Waals surface area contributed by atoms with Crippen LogP contribution < -0.4 is 5.32 Å². The standard InChI is InChI=1S/C16H23NO3/c1-2-16(6-3-7-16)9-17-14(18)12-10-4-5-11(8-10)13(12)15(19)20/h4-5,10-13H,2-3,6-9H2,1H3,(H,17,18)(H,19,20)/t10?,11?,12-,13+/m0/s1. The van der Waals surface area contributed by atoms with Gasteiger partial charge in [0.15, 0.2) is 0 Å². The van der Waals surface area contributed by atoms with Crippen molar-refractivity contribution < 1.29 is 14.7 Å². The number of aliphatic carboxylic acids is 1. The SMILES string of the molecule is CCC1(CNC(=O)[C@H]2C3C=CC(C3)[C@H]2C(=O)O)CCC1. The normalized spacial score (nSPS) is 36.6. The maximum Gasteiger partial charge on any atom is 0.307 e. The minimum atomic E-state index is -0.823. The predicted molar refractivity (Wildman–Crippen MR) is 74.9 cm³/mol. The van der Waals surface area contributed by atoms with Crippen LogP contribution in [-0.2, 0) is 9.59 Å². The zero-order chi connectivity index (χ0) is 14.3. The van der Waals surface area contributed by atoms with E-state index in [0.29, 0.717) is 6.54 Å². The van der Waals surface area contributed by atoms with E-state index in [1.54, 1.807) is 0 Å². The van der Waals surface area contributed by atoms with Crippen molar-refractivity contribution in [3.63, 3.8) is 0 Å². The van der Waals surface area contributed by atoms with E-state index in [4.69, 9.17) is 0 Å². The third-order valence-corrected chi connectivity index (χ3v) is 5.85. The molecule has 3 aliphatic carbocycles. The minimum absolute atomic E-state index is 0.0472. The van der Waals surface area contributed by atoms with E-state index < -0.39 is 11.9 Å². The van der Waals surface area contributed by atoms with Crippen molar-refractivity contribution in [2.75, 3.05) is 6.54 Å². The molecule has 3 rings (SSSR count). The van der Waals surface area contributed by atoms with Gasteiger partial charge < -0.3 is 10.4 Å². The van der Waals surface area contributed by atoms with Crippen LogP contribution in [0, 0.1) is 29.1 Å². The molecular weight excluding hydrogens is 254 g/mol. The summed E-state index contributed by atoms with van der Waals surface area (Å²) in [6.45, 7) is 2.89. The highest BCUT2D eigenvalue weighted by Gasteiger charge is 2.51. The minimum Gasteiger partial charge on any atom is -0.481 e. The molecule has 1 amide bonds. The summed E-state index contributed by atoms with van der Waals surface area (Å²) in [5.41, 5.74) is 0.280. The van der Waals surface area contributed by atoms with Crippen molar-refractivity contribution >= 4 is 11.9 Å². The van der Waals surface area contributed by atoms with E-state index in [1.165, 1.54) is 19.3 Å². The monoisotopic (exact) mass is 277 g/mol. The number of carbonyl (C=O) groups is 2. The Hall–Kier alpha value is -1.32. The van der Waals surface area contributed by atoms with Gasteiger partial charge in [0.05, 0.1) is 11.8 Å². The third-order valence-electron chi connectivity index (χ3n) is 5.85. The number of fused-ring (bicyclic) bond motifs is 2. The van der Waals surface area contributed by atoms with Crippen molar-refractivity contribution in [2.24, 2.45) is 29.1 Å². The number of allylic oxidation sites excluding steroid dienone is 2. The fourth-order valence-corrected chi connectivity index (χ4v) is 4.24. The van der Waals surface area contributed by atoms with Crippen LogP contribution >= 0.6 is 0 Å². The molecule has 2 unspecified atom stereocenters. The number of carbonyl (C=O) groups excluding carboxylic acids is 1. The van der Waals surface area contributed by atoms with Crippen LogP contribution in [0.4, 0.5) is 0 Å². The molecule has 2 saturated carbocycles. The van der Waals surface area contributed by atoms with Crippen LogP contribution in [0.3, 0.4) is 0 Å². The number of carboxylic acid groups (broad SMARTS) is 1. The van der Waals surface area contributed by atoms with Crippen molar-refractivity contribution in [1.29, 1.82) is 0 Å². The second-order valence-corrected chi connectivity index (χ2v) is 6.76. The molecule has 4 atom stereocenters. The largest absolute Gasteiger partial charge is 0.481 e. The van der Waals surface area contributed by atoms with Gasteiger partial charge >= 0.3 is 5.97 Å². The maximum atomic E-state index is 12.4. The third kappa shape index (κ3) is 2.05. The smallest absolute Gasteiger partial charge is 0.307 e. The van der Waals surface area contributed by atoms with Crippen molar-refractivity contribution in [3.8, 4) is 0 Å². The Morgan fingerprint density at radius 1 is 1.25 bits per heavy atom. The van der Waals surface area contributed by atoms with Gasteiger partial charge in [0.2, 0.25) is 5.91 Å². The van der Waals surface area contributed by atoms with Crippen LogP contribution in [-0.4, -0.2) is 23.5 Å². The van der Waals surface area contributed by atoms with Gasteiger partial charge in [-0.05, 0) is 42.9 Å². The maximum absolute atomic E-state index is 12.4. The van der Waals surface area contributed by atoms with E-state index in [2.05, 4.69) is 12.2 Å². The quantitative estimate of drug-likeness (QED) is 0.757. The van der Waals surface area contributed by atoms with E-state index in [-0.39, 0.29) is 29.1 Å². The van der Waals surface area contributed by atoms with Crippen molar-refractivity contribution in [1.82, 2.24) is 5.32 Å². The average molecular weight is 277 g/mol. The summed E-state index contributed by atoms with van der Waals surface area (Å²) in [6, 6.07) is 0. The zero-order valence-electron chi connectivity index (χ0n) is 12.0. The molecule has 3 aliphatic rings. The Morgan fingerprint density at radius 3 is 2.40 bits per heavy atom. The highest BCUT2D eigenvalue weighted by Crippen LogP contribution is 2.48. The van der Waals surface area contributed by atoms with Gasteiger partial charge in [0, 0.05) is 6.54 Å². The second kappa shape index (κ2) is 4.90. The van der Waals surface area contributed by atoms with Gasteiger partial charge in [-0.1, -0.05) is 25.5 Å². The number of hydrogen-bond donors (Lipinski definition) is 2. The van der Waals surface area contributed by atoms with Crippen LogP contribution in [0.5, 0.6) is 0 Å². The molecule has 2 N–H and O–H groups in total. The predicted octanol–water partition coefficient (Wildman–Crippen LogP) is 2.21. The molecule has 2 fully saturated rings. The molecule has 0 aromatic rings. The first-order valence-electron chi connectivity index (χ1n) is 7.75. The second-order valence-electron chi connectivity index (χ2n) is 6.76. The summed E-state index contributed by atoms with van der Waals surface area (Å²) < 4.78 is 0. The Kier molecular flexibility index (Phi) is 3.35. The number of nitrogens with one attached hydrogen (secondary N) is 1. The van der Waals surface area contributed by atoms with E-state index in [1.807, 2.05) is 12.2 Å². The van der Waals surface area contributed by atoms with E-state index in [0.717, 1.165) is 12.8 Å². The fraction of sp³-hybridized carbons (Fsp3) is 0.750. The van der Waals surface area contributed by atoms with E-state index >= 15 is 0 Å². The molecule has 0 spiro atoms.